The number of hydrogen-bond donors (Lipinski definition) is 1. The maximum atomic E-state index is 13.8. The van der Waals surface area contributed by atoms with Crippen LogP contribution in [0.15, 0.2) is 64.6 Å². The van der Waals surface area contributed by atoms with Gasteiger partial charge in [0.15, 0.2) is 0 Å². The largest absolute Gasteiger partial charge is 0.319 e. The fraction of sp³-hybridized carbons (Fsp3) is 0.0909. The molecule has 0 radical (unpaired) electrons. The number of anilines is 1. The Morgan fingerprint density at radius 1 is 1.18 bits per heavy atom. The summed E-state index contributed by atoms with van der Waals surface area (Å²) in [6.07, 6.45) is 1.52. The lowest BCUT2D eigenvalue weighted by Gasteiger charge is -2.10. The van der Waals surface area contributed by atoms with Crippen LogP contribution >= 0.6 is 15.9 Å². The molecule has 0 aliphatic carbocycles. The highest BCUT2D eigenvalue weighted by molar-refractivity contribution is 9.10. The van der Waals surface area contributed by atoms with Crippen LogP contribution in [-0.4, -0.2) is 10.5 Å². The van der Waals surface area contributed by atoms with Crippen molar-refractivity contribution in [3.63, 3.8) is 0 Å². The standard InChI is InChI=1S/C22H17BrFN3O/c1-14-10-16(15(2)27(14)19-7-5-6-18(23)12-19)11-17(13-25)22(28)26-21-9-4-3-8-20(21)24/h3-12H,1-2H3,(H,26,28)/b17-11-. The Balaban J connectivity index is 1.95. The van der Waals surface area contributed by atoms with E-state index in [1.807, 2.05) is 54.8 Å². The van der Waals surface area contributed by atoms with Crippen molar-refractivity contribution in [2.45, 2.75) is 13.8 Å². The molecular weight excluding hydrogens is 421 g/mol. The van der Waals surface area contributed by atoms with Gasteiger partial charge in [0.1, 0.15) is 17.5 Å². The fourth-order valence-electron chi connectivity index (χ4n) is 3.00. The summed E-state index contributed by atoms with van der Waals surface area (Å²) >= 11 is 3.47. The van der Waals surface area contributed by atoms with Crippen molar-refractivity contribution in [2.24, 2.45) is 0 Å². The first kappa shape index (κ1) is 19.6. The smallest absolute Gasteiger partial charge is 0.266 e. The molecule has 4 nitrogen and oxygen atoms in total. The van der Waals surface area contributed by atoms with Gasteiger partial charge in [-0.25, -0.2) is 4.39 Å². The molecule has 1 amide bonds. The van der Waals surface area contributed by atoms with Gasteiger partial charge in [-0.2, -0.15) is 5.26 Å². The summed E-state index contributed by atoms with van der Waals surface area (Å²) in [7, 11) is 0. The Morgan fingerprint density at radius 2 is 1.93 bits per heavy atom. The molecule has 1 heterocycles. The Labute approximate surface area is 171 Å². The van der Waals surface area contributed by atoms with Crippen molar-refractivity contribution in [1.82, 2.24) is 4.57 Å². The van der Waals surface area contributed by atoms with Crippen LogP contribution in [-0.2, 0) is 4.79 Å². The predicted molar refractivity (Wildman–Crippen MR) is 112 cm³/mol. The number of aryl methyl sites for hydroxylation is 1. The second kappa shape index (κ2) is 8.24. The molecule has 28 heavy (non-hydrogen) atoms. The van der Waals surface area contributed by atoms with Crippen molar-refractivity contribution < 1.29 is 9.18 Å². The molecule has 0 bridgehead atoms. The van der Waals surface area contributed by atoms with Gasteiger partial charge in [0.25, 0.3) is 5.91 Å². The molecule has 0 aliphatic heterocycles. The van der Waals surface area contributed by atoms with E-state index in [-0.39, 0.29) is 11.3 Å². The number of benzene rings is 2. The van der Waals surface area contributed by atoms with Crippen molar-refractivity contribution in [1.29, 1.82) is 5.26 Å². The summed E-state index contributed by atoms with van der Waals surface area (Å²) in [6.45, 7) is 3.88. The number of aromatic nitrogens is 1. The third-order valence-electron chi connectivity index (χ3n) is 4.32. The van der Waals surface area contributed by atoms with Crippen LogP contribution in [0.3, 0.4) is 0 Å². The van der Waals surface area contributed by atoms with Crippen LogP contribution in [0.25, 0.3) is 11.8 Å². The molecule has 140 valence electrons. The van der Waals surface area contributed by atoms with E-state index in [0.717, 1.165) is 27.1 Å². The summed E-state index contributed by atoms with van der Waals surface area (Å²) < 4.78 is 16.8. The van der Waals surface area contributed by atoms with Crippen LogP contribution in [0, 0.1) is 31.0 Å². The van der Waals surface area contributed by atoms with E-state index in [1.165, 1.54) is 24.3 Å². The number of amides is 1. The molecule has 0 unspecified atom stereocenters. The number of hydrogen-bond acceptors (Lipinski definition) is 2. The first-order valence-electron chi connectivity index (χ1n) is 8.53. The first-order chi connectivity index (χ1) is 13.4. The molecule has 0 saturated carbocycles. The number of nitrogens with one attached hydrogen (secondary N) is 1. The Morgan fingerprint density at radius 3 is 2.61 bits per heavy atom. The second-order valence-corrected chi connectivity index (χ2v) is 7.16. The molecular formula is C22H17BrFN3O. The van der Waals surface area contributed by atoms with E-state index in [1.54, 1.807) is 6.07 Å². The molecule has 0 spiro atoms. The zero-order valence-corrected chi connectivity index (χ0v) is 16.9. The summed E-state index contributed by atoms with van der Waals surface area (Å²) in [6, 6.07) is 17.5. The Hall–Kier alpha value is -3.17. The number of para-hydroxylation sites is 1. The van der Waals surface area contributed by atoms with Gasteiger partial charge in [0.2, 0.25) is 0 Å². The van der Waals surface area contributed by atoms with Crippen LogP contribution in [0.1, 0.15) is 17.0 Å². The van der Waals surface area contributed by atoms with E-state index >= 15 is 0 Å². The van der Waals surface area contributed by atoms with Crippen LogP contribution in [0.5, 0.6) is 0 Å². The number of halogens is 2. The highest BCUT2D eigenvalue weighted by atomic mass is 79.9. The number of nitriles is 1. The summed E-state index contributed by atoms with van der Waals surface area (Å²) in [4.78, 5) is 12.4. The Kier molecular flexibility index (Phi) is 5.76. The van der Waals surface area contributed by atoms with Gasteiger partial charge in [0.05, 0.1) is 5.69 Å². The molecule has 0 fully saturated rings. The van der Waals surface area contributed by atoms with Gasteiger partial charge >= 0.3 is 0 Å². The van der Waals surface area contributed by atoms with Gasteiger partial charge in [-0.05, 0) is 61.9 Å². The van der Waals surface area contributed by atoms with Gasteiger partial charge in [-0.15, -0.1) is 0 Å². The third-order valence-corrected chi connectivity index (χ3v) is 4.82. The SMILES string of the molecule is Cc1cc(/C=C(/C#N)C(=O)Nc2ccccc2F)c(C)n1-c1cccc(Br)c1. The quantitative estimate of drug-likeness (QED) is 0.430. The summed E-state index contributed by atoms with van der Waals surface area (Å²) in [5.74, 6) is -1.21. The van der Waals surface area contributed by atoms with Gasteiger partial charge in [-0.1, -0.05) is 34.1 Å². The predicted octanol–water partition coefficient (Wildman–Crippen LogP) is 5.54. The fourth-order valence-corrected chi connectivity index (χ4v) is 3.39. The lowest BCUT2D eigenvalue weighted by Crippen LogP contribution is -2.14. The van der Waals surface area contributed by atoms with Gasteiger partial charge < -0.3 is 9.88 Å². The monoisotopic (exact) mass is 437 g/mol. The van der Waals surface area contributed by atoms with Crippen molar-refractivity contribution in [3.8, 4) is 11.8 Å². The van der Waals surface area contributed by atoms with E-state index in [4.69, 9.17) is 0 Å². The molecule has 1 N–H and O–H groups in total. The maximum absolute atomic E-state index is 13.8. The maximum Gasteiger partial charge on any atom is 0.266 e. The highest BCUT2D eigenvalue weighted by Gasteiger charge is 2.15. The molecule has 6 heteroatoms. The zero-order chi connectivity index (χ0) is 20.3. The van der Waals surface area contributed by atoms with E-state index in [0.29, 0.717) is 0 Å². The number of carbonyl (C=O) groups is 1. The minimum Gasteiger partial charge on any atom is -0.319 e. The van der Waals surface area contributed by atoms with Crippen molar-refractivity contribution in [3.05, 3.63) is 87.4 Å². The topological polar surface area (TPSA) is 57.8 Å². The summed E-state index contributed by atoms with van der Waals surface area (Å²) in [5.41, 5.74) is 3.51. The Bertz CT molecular complexity index is 1130. The third kappa shape index (κ3) is 4.05. The van der Waals surface area contributed by atoms with E-state index in [2.05, 4.69) is 21.2 Å². The van der Waals surface area contributed by atoms with Crippen LogP contribution in [0.4, 0.5) is 10.1 Å². The van der Waals surface area contributed by atoms with Crippen molar-refractivity contribution in [2.75, 3.05) is 5.32 Å². The molecule has 3 aromatic rings. The molecule has 0 aliphatic rings. The normalized spacial score (nSPS) is 11.2. The molecule has 0 saturated heterocycles. The van der Waals surface area contributed by atoms with Crippen LogP contribution < -0.4 is 5.32 Å². The average molecular weight is 438 g/mol. The van der Waals surface area contributed by atoms with Crippen LogP contribution in [0.2, 0.25) is 0 Å². The van der Waals surface area contributed by atoms with E-state index in [9.17, 15) is 14.4 Å². The van der Waals surface area contributed by atoms with Gasteiger partial charge in [-0.3, -0.25) is 4.79 Å². The zero-order valence-electron chi connectivity index (χ0n) is 15.3. The molecule has 0 atom stereocenters. The number of nitrogens with zero attached hydrogens (tertiary/aromatic N) is 2. The lowest BCUT2D eigenvalue weighted by atomic mass is 10.1. The number of rotatable bonds is 4. The molecule has 1 aromatic heterocycles. The lowest BCUT2D eigenvalue weighted by molar-refractivity contribution is -0.112. The minimum atomic E-state index is -0.653. The molecule has 2 aromatic carbocycles. The highest BCUT2D eigenvalue weighted by Crippen LogP contribution is 2.25. The number of carbonyl (C=O) groups excluding carboxylic acids is 1. The van der Waals surface area contributed by atoms with Gasteiger partial charge in [0, 0.05) is 21.5 Å². The first-order valence-corrected chi connectivity index (χ1v) is 9.32. The second-order valence-electron chi connectivity index (χ2n) is 6.25. The van der Waals surface area contributed by atoms with E-state index < -0.39 is 11.7 Å². The minimum absolute atomic E-state index is 0.0354. The summed E-state index contributed by atoms with van der Waals surface area (Å²) in [5, 5.41) is 11.9. The van der Waals surface area contributed by atoms with Crippen molar-refractivity contribution >= 4 is 33.6 Å². The molecule has 3 rings (SSSR count). The average Bonchev–Trinajstić information content (AvgIpc) is 2.94.